The lowest BCUT2D eigenvalue weighted by Crippen LogP contribution is -2.48. The largest absolute Gasteiger partial charge is 0.398 e. The van der Waals surface area contributed by atoms with Crippen molar-refractivity contribution in [3.8, 4) is 0 Å². The van der Waals surface area contributed by atoms with Crippen LogP contribution in [-0.4, -0.2) is 38.0 Å². The van der Waals surface area contributed by atoms with E-state index in [1.54, 1.807) is 24.3 Å². The van der Waals surface area contributed by atoms with E-state index >= 15 is 0 Å². The molecule has 2 atom stereocenters. The van der Waals surface area contributed by atoms with Gasteiger partial charge in [-0.05, 0) is 25.5 Å². The summed E-state index contributed by atoms with van der Waals surface area (Å²) in [6.45, 7) is 4.57. The summed E-state index contributed by atoms with van der Waals surface area (Å²) < 4.78 is 31.9. The number of rotatable bonds is 3. The van der Waals surface area contributed by atoms with Gasteiger partial charge < -0.3 is 10.5 Å². The summed E-state index contributed by atoms with van der Waals surface area (Å²) >= 11 is 0. The van der Waals surface area contributed by atoms with E-state index in [2.05, 4.69) is 0 Å². The molecule has 1 heterocycles. The van der Waals surface area contributed by atoms with Crippen LogP contribution in [0, 0.1) is 0 Å². The smallest absolute Gasteiger partial charge is 0.218 e. The lowest BCUT2D eigenvalue weighted by Gasteiger charge is -2.34. The molecule has 1 fully saturated rings. The predicted octanol–water partition coefficient (Wildman–Crippen LogP) is 1.21. The topological polar surface area (TPSA) is 72.6 Å². The highest BCUT2D eigenvalue weighted by atomic mass is 32.2. The number of anilines is 1. The van der Waals surface area contributed by atoms with Crippen LogP contribution in [0.25, 0.3) is 0 Å². The van der Waals surface area contributed by atoms with Crippen LogP contribution in [0.5, 0.6) is 0 Å². The van der Waals surface area contributed by atoms with Gasteiger partial charge in [-0.25, -0.2) is 8.42 Å². The Labute approximate surface area is 114 Å². The van der Waals surface area contributed by atoms with Crippen LogP contribution >= 0.6 is 0 Å². The molecular formula is C13H20N2O3S. The molecule has 1 aromatic rings. The molecule has 0 spiro atoms. The molecule has 0 saturated carbocycles. The highest BCUT2D eigenvalue weighted by Gasteiger charge is 2.31. The number of nitrogens with zero attached hydrogens (tertiary/aromatic N) is 1. The van der Waals surface area contributed by atoms with Crippen molar-refractivity contribution >= 4 is 15.7 Å². The van der Waals surface area contributed by atoms with Crippen LogP contribution in [-0.2, 0) is 20.5 Å². The van der Waals surface area contributed by atoms with Gasteiger partial charge in [-0.15, -0.1) is 0 Å². The van der Waals surface area contributed by atoms with Crippen LogP contribution in [0.1, 0.15) is 19.4 Å². The summed E-state index contributed by atoms with van der Waals surface area (Å²) in [6.07, 6.45) is -0.154. The molecular weight excluding hydrogens is 264 g/mol. The zero-order valence-corrected chi connectivity index (χ0v) is 12.1. The Kier molecular flexibility index (Phi) is 4.13. The Hall–Kier alpha value is -1.11. The summed E-state index contributed by atoms with van der Waals surface area (Å²) in [5.41, 5.74) is 6.97. The minimum absolute atomic E-state index is 0.0564. The third-order valence-electron chi connectivity index (χ3n) is 3.17. The Morgan fingerprint density at radius 2 is 1.84 bits per heavy atom. The van der Waals surface area contributed by atoms with Gasteiger partial charge in [-0.3, -0.25) is 0 Å². The lowest BCUT2D eigenvalue weighted by atomic mass is 10.2. The maximum absolute atomic E-state index is 12.4. The minimum atomic E-state index is -3.35. The van der Waals surface area contributed by atoms with E-state index in [9.17, 15) is 8.42 Å². The van der Waals surface area contributed by atoms with Crippen LogP contribution in [0.2, 0.25) is 0 Å². The predicted molar refractivity (Wildman–Crippen MR) is 75.1 cm³/mol. The van der Waals surface area contributed by atoms with Crippen molar-refractivity contribution in [2.24, 2.45) is 0 Å². The van der Waals surface area contributed by atoms with E-state index in [-0.39, 0.29) is 18.0 Å². The van der Waals surface area contributed by atoms with Crippen molar-refractivity contribution in [3.63, 3.8) is 0 Å². The van der Waals surface area contributed by atoms with Gasteiger partial charge in [0.25, 0.3) is 0 Å². The number of nitrogens with two attached hydrogens (primary N) is 1. The fourth-order valence-electron chi connectivity index (χ4n) is 2.31. The van der Waals surface area contributed by atoms with E-state index in [1.165, 1.54) is 4.31 Å². The molecule has 0 aromatic heterocycles. The van der Waals surface area contributed by atoms with E-state index in [1.807, 2.05) is 13.8 Å². The van der Waals surface area contributed by atoms with Crippen molar-refractivity contribution in [1.82, 2.24) is 4.31 Å². The summed E-state index contributed by atoms with van der Waals surface area (Å²) in [4.78, 5) is 0. The molecule has 1 aliphatic rings. The van der Waals surface area contributed by atoms with E-state index in [0.717, 1.165) is 0 Å². The number of morpholine rings is 1. The summed E-state index contributed by atoms with van der Waals surface area (Å²) in [7, 11) is -3.35. The highest BCUT2D eigenvalue weighted by Crippen LogP contribution is 2.20. The SMILES string of the molecule is C[C@@H]1CN(S(=O)(=O)Cc2ccccc2N)C[C@H](C)O1. The molecule has 1 aliphatic heterocycles. The molecule has 0 bridgehead atoms. The van der Waals surface area contributed by atoms with Crippen molar-refractivity contribution in [1.29, 1.82) is 0 Å². The van der Waals surface area contributed by atoms with Crippen LogP contribution in [0.4, 0.5) is 5.69 Å². The van der Waals surface area contributed by atoms with Gasteiger partial charge in [-0.2, -0.15) is 4.31 Å². The number of hydrogen-bond donors (Lipinski definition) is 1. The normalized spacial score (nSPS) is 25.4. The van der Waals surface area contributed by atoms with E-state index in [0.29, 0.717) is 24.3 Å². The molecule has 0 unspecified atom stereocenters. The second-order valence-electron chi connectivity index (χ2n) is 5.03. The standard InChI is InChI=1S/C13H20N2O3S/c1-10-7-15(8-11(2)18-10)19(16,17)9-12-5-3-4-6-13(12)14/h3-6,10-11H,7-9,14H2,1-2H3/t10-,11+. The second kappa shape index (κ2) is 5.48. The van der Waals surface area contributed by atoms with E-state index < -0.39 is 10.0 Å². The second-order valence-corrected chi connectivity index (χ2v) is 7.00. The van der Waals surface area contributed by atoms with Crippen molar-refractivity contribution in [2.45, 2.75) is 31.8 Å². The molecule has 5 nitrogen and oxygen atoms in total. The molecule has 19 heavy (non-hydrogen) atoms. The Morgan fingerprint density at radius 3 is 2.42 bits per heavy atom. The van der Waals surface area contributed by atoms with Gasteiger partial charge >= 0.3 is 0 Å². The van der Waals surface area contributed by atoms with Crippen molar-refractivity contribution in [2.75, 3.05) is 18.8 Å². The first-order valence-corrected chi connectivity index (χ1v) is 7.96. The Balaban J connectivity index is 2.16. The monoisotopic (exact) mass is 284 g/mol. The van der Waals surface area contributed by atoms with Gasteiger partial charge in [0.15, 0.2) is 0 Å². The number of hydrogen-bond acceptors (Lipinski definition) is 4. The Bertz CT molecular complexity index is 535. The first kappa shape index (κ1) is 14.3. The third kappa shape index (κ3) is 3.46. The number of sulfonamides is 1. The van der Waals surface area contributed by atoms with Crippen LogP contribution in [0.15, 0.2) is 24.3 Å². The van der Waals surface area contributed by atoms with Crippen LogP contribution in [0.3, 0.4) is 0 Å². The van der Waals surface area contributed by atoms with Gasteiger partial charge in [0.05, 0.1) is 18.0 Å². The average molecular weight is 284 g/mol. The molecule has 1 aromatic carbocycles. The molecule has 0 aliphatic carbocycles. The maximum atomic E-state index is 12.4. The van der Waals surface area contributed by atoms with Crippen molar-refractivity contribution in [3.05, 3.63) is 29.8 Å². The average Bonchev–Trinajstić information content (AvgIpc) is 2.31. The molecule has 6 heteroatoms. The first-order valence-electron chi connectivity index (χ1n) is 6.35. The fourth-order valence-corrected chi connectivity index (χ4v) is 4.02. The number of benzene rings is 1. The van der Waals surface area contributed by atoms with Crippen LogP contribution < -0.4 is 5.73 Å². The van der Waals surface area contributed by atoms with Gasteiger partial charge in [-0.1, -0.05) is 18.2 Å². The quantitative estimate of drug-likeness (QED) is 0.847. The highest BCUT2D eigenvalue weighted by molar-refractivity contribution is 7.88. The third-order valence-corrected chi connectivity index (χ3v) is 4.93. The summed E-state index contributed by atoms with van der Waals surface area (Å²) in [5, 5.41) is 0. The van der Waals surface area contributed by atoms with Gasteiger partial charge in [0.1, 0.15) is 0 Å². The van der Waals surface area contributed by atoms with Gasteiger partial charge in [0.2, 0.25) is 10.0 Å². The zero-order valence-electron chi connectivity index (χ0n) is 11.2. The Morgan fingerprint density at radius 1 is 1.26 bits per heavy atom. The summed E-state index contributed by atoms with van der Waals surface area (Å²) in [6, 6.07) is 7.06. The molecule has 2 rings (SSSR count). The lowest BCUT2D eigenvalue weighted by molar-refractivity contribution is -0.0441. The van der Waals surface area contributed by atoms with Crippen molar-refractivity contribution < 1.29 is 13.2 Å². The molecule has 106 valence electrons. The first-order chi connectivity index (χ1) is 8.88. The fraction of sp³-hybridized carbons (Fsp3) is 0.538. The minimum Gasteiger partial charge on any atom is -0.398 e. The maximum Gasteiger partial charge on any atom is 0.218 e. The van der Waals surface area contributed by atoms with Gasteiger partial charge in [0, 0.05) is 18.8 Å². The summed E-state index contributed by atoms with van der Waals surface area (Å²) in [5.74, 6) is -0.0564. The molecule has 2 N–H and O–H groups in total. The molecule has 0 radical (unpaired) electrons. The van der Waals surface area contributed by atoms with E-state index in [4.69, 9.17) is 10.5 Å². The zero-order chi connectivity index (χ0) is 14.0. The number of ether oxygens (including phenoxy) is 1. The molecule has 0 amide bonds. The number of nitrogen functional groups attached to an aromatic ring is 1. The number of para-hydroxylation sites is 1. The molecule has 1 saturated heterocycles.